The number of fused-ring (bicyclic) bond motifs is 1. The lowest BCUT2D eigenvalue weighted by molar-refractivity contribution is 0.219. The van der Waals surface area contributed by atoms with Crippen LogP contribution in [0.15, 0.2) is 65.7 Å². The van der Waals surface area contributed by atoms with Crippen molar-refractivity contribution in [2.75, 3.05) is 18.4 Å². The fourth-order valence-electron chi connectivity index (χ4n) is 5.06. The first-order chi connectivity index (χ1) is 19.7. The van der Waals surface area contributed by atoms with Crippen LogP contribution >= 0.6 is 11.5 Å². The highest BCUT2D eigenvalue weighted by molar-refractivity contribution is 7.10. The number of imidazole rings is 1. The van der Waals surface area contributed by atoms with Gasteiger partial charge in [0.2, 0.25) is 0 Å². The molecule has 0 atom stereocenters. The molecule has 0 amide bonds. The number of hydrogen-bond donors (Lipinski definition) is 1. The van der Waals surface area contributed by atoms with Crippen molar-refractivity contribution in [3.63, 3.8) is 0 Å². The van der Waals surface area contributed by atoms with E-state index in [1.807, 2.05) is 66.4 Å². The highest BCUT2D eigenvalue weighted by atomic mass is 32.1. The van der Waals surface area contributed by atoms with Gasteiger partial charge in [0, 0.05) is 30.1 Å². The van der Waals surface area contributed by atoms with Crippen molar-refractivity contribution in [3.05, 3.63) is 78.4 Å². The molecule has 1 aliphatic rings. The summed E-state index contributed by atoms with van der Waals surface area (Å²) in [5, 5.41) is 13.1. The zero-order chi connectivity index (χ0) is 26.9. The Bertz CT molecular complexity index is 1750. The van der Waals surface area contributed by atoms with Gasteiger partial charge >= 0.3 is 0 Å². The molecule has 12 heteroatoms. The Morgan fingerprint density at radius 2 is 1.85 bits per heavy atom. The van der Waals surface area contributed by atoms with Crippen LogP contribution < -0.4 is 5.32 Å². The summed E-state index contributed by atoms with van der Waals surface area (Å²) in [6, 6.07) is 11.8. The summed E-state index contributed by atoms with van der Waals surface area (Å²) in [5.74, 6) is 1.75. The summed E-state index contributed by atoms with van der Waals surface area (Å²) < 4.78 is 13.9. The molecule has 0 saturated carbocycles. The first-order valence-electron chi connectivity index (χ1n) is 13.4. The van der Waals surface area contributed by atoms with Gasteiger partial charge in [-0.2, -0.15) is 14.5 Å². The van der Waals surface area contributed by atoms with Crippen LogP contribution in [-0.2, 0) is 13.1 Å². The minimum Gasteiger partial charge on any atom is -0.334 e. The van der Waals surface area contributed by atoms with Crippen LogP contribution in [0.2, 0.25) is 0 Å². The molecule has 0 bridgehead atoms. The number of hydrogen-bond acceptors (Lipinski definition) is 10. The SMILES string of the molecule is Cc1cn2c(-c3cnn(Cc4noc(-c5ccccc5)n4)c3)cnc2c(Nc2cc(CN3CCCCC3)ns2)n1. The molecule has 40 heavy (non-hydrogen) atoms. The van der Waals surface area contributed by atoms with Gasteiger partial charge in [0.1, 0.15) is 11.5 Å². The minimum atomic E-state index is 0.394. The Morgan fingerprint density at radius 3 is 2.73 bits per heavy atom. The van der Waals surface area contributed by atoms with Gasteiger partial charge in [0.05, 0.1) is 29.5 Å². The predicted molar refractivity (Wildman–Crippen MR) is 152 cm³/mol. The molecule has 1 saturated heterocycles. The first-order valence-corrected chi connectivity index (χ1v) is 14.2. The van der Waals surface area contributed by atoms with Crippen LogP contribution in [-0.4, -0.2) is 56.7 Å². The molecule has 6 aromatic rings. The number of aromatic nitrogens is 8. The number of nitrogens with zero attached hydrogens (tertiary/aromatic N) is 9. The molecule has 1 N–H and O–H groups in total. The van der Waals surface area contributed by atoms with E-state index in [9.17, 15) is 0 Å². The quantitative estimate of drug-likeness (QED) is 0.272. The molecular weight excluding hydrogens is 524 g/mol. The molecule has 11 nitrogen and oxygen atoms in total. The van der Waals surface area contributed by atoms with Crippen molar-refractivity contribution >= 4 is 28.0 Å². The van der Waals surface area contributed by atoms with E-state index < -0.39 is 0 Å². The Labute approximate surface area is 234 Å². The standard InChI is InChI=1S/C28H28N10OS/c1-19-15-38-23(21-13-30-37(16-21)18-24-32-28(39-34-24)20-8-4-2-5-9-20)14-29-27(38)26(31-19)33-25-12-22(35-40-25)17-36-10-6-3-7-11-36/h2,4-5,8-9,12-16H,3,6-7,10-11,17-18H2,1H3,(H,31,33). The third kappa shape index (κ3) is 5.10. The summed E-state index contributed by atoms with van der Waals surface area (Å²) >= 11 is 1.46. The van der Waals surface area contributed by atoms with Crippen LogP contribution in [0.1, 0.15) is 36.5 Å². The smallest absolute Gasteiger partial charge is 0.257 e. The fourth-order valence-corrected chi connectivity index (χ4v) is 5.72. The molecule has 0 radical (unpaired) electrons. The van der Waals surface area contributed by atoms with Gasteiger partial charge in [-0.25, -0.2) is 9.97 Å². The van der Waals surface area contributed by atoms with E-state index in [0.717, 1.165) is 58.5 Å². The lowest BCUT2D eigenvalue weighted by Gasteiger charge is -2.25. The summed E-state index contributed by atoms with van der Waals surface area (Å²) in [4.78, 5) is 16.4. The van der Waals surface area contributed by atoms with Crippen molar-refractivity contribution in [3.8, 4) is 22.7 Å². The maximum Gasteiger partial charge on any atom is 0.257 e. The molecule has 5 aromatic heterocycles. The van der Waals surface area contributed by atoms with Crippen molar-refractivity contribution in [1.82, 2.24) is 43.6 Å². The molecule has 1 aromatic carbocycles. The van der Waals surface area contributed by atoms with Gasteiger partial charge in [-0.05, 0) is 62.6 Å². The van der Waals surface area contributed by atoms with E-state index in [2.05, 4.69) is 35.9 Å². The first kappa shape index (κ1) is 24.6. The zero-order valence-electron chi connectivity index (χ0n) is 22.1. The number of anilines is 2. The van der Waals surface area contributed by atoms with E-state index in [1.54, 1.807) is 4.68 Å². The normalized spacial score (nSPS) is 14.2. The fraction of sp³-hybridized carbons (Fsp3) is 0.286. The van der Waals surface area contributed by atoms with E-state index in [-0.39, 0.29) is 0 Å². The molecule has 1 aliphatic heterocycles. The second-order valence-corrected chi connectivity index (χ2v) is 10.8. The maximum absolute atomic E-state index is 5.44. The van der Waals surface area contributed by atoms with E-state index in [0.29, 0.717) is 24.1 Å². The second-order valence-electron chi connectivity index (χ2n) is 10.0. The number of aryl methyl sites for hydroxylation is 1. The van der Waals surface area contributed by atoms with Crippen LogP contribution in [0.25, 0.3) is 28.4 Å². The largest absolute Gasteiger partial charge is 0.334 e. The molecular formula is C28H28N10OS. The predicted octanol–water partition coefficient (Wildman–Crippen LogP) is 5.19. The zero-order valence-corrected chi connectivity index (χ0v) is 22.9. The third-order valence-corrected chi connectivity index (χ3v) is 7.71. The topological polar surface area (TPSA) is 115 Å². The monoisotopic (exact) mass is 552 g/mol. The Balaban J connectivity index is 1.09. The van der Waals surface area contributed by atoms with Crippen LogP contribution in [0.3, 0.4) is 0 Å². The van der Waals surface area contributed by atoms with Gasteiger partial charge < -0.3 is 9.84 Å². The van der Waals surface area contributed by atoms with Crippen LogP contribution in [0, 0.1) is 6.92 Å². The van der Waals surface area contributed by atoms with Crippen LogP contribution in [0.4, 0.5) is 10.8 Å². The Kier molecular flexibility index (Phi) is 6.54. The van der Waals surface area contributed by atoms with Crippen LogP contribution in [0.5, 0.6) is 0 Å². The lowest BCUT2D eigenvalue weighted by atomic mass is 10.1. The van der Waals surface area contributed by atoms with Gasteiger partial charge in [0.25, 0.3) is 5.89 Å². The van der Waals surface area contributed by atoms with Crippen molar-refractivity contribution in [2.45, 2.75) is 39.3 Å². The summed E-state index contributed by atoms with van der Waals surface area (Å²) in [5.41, 5.74) is 5.44. The number of nitrogens with one attached hydrogen (secondary N) is 1. The number of benzene rings is 1. The van der Waals surface area contributed by atoms with Crippen molar-refractivity contribution < 1.29 is 4.52 Å². The summed E-state index contributed by atoms with van der Waals surface area (Å²) in [6.07, 6.45) is 11.5. The number of rotatable bonds is 8. The number of piperidine rings is 1. The summed E-state index contributed by atoms with van der Waals surface area (Å²) in [6.45, 7) is 5.57. The maximum atomic E-state index is 5.44. The highest BCUT2D eigenvalue weighted by Gasteiger charge is 2.17. The molecule has 0 unspecified atom stereocenters. The van der Waals surface area contributed by atoms with E-state index in [4.69, 9.17) is 14.5 Å². The Morgan fingerprint density at radius 1 is 0.975 bits per heavy atom. The molecule has 6 heterocycles. The third-order valence-electron chi connectivity index (χ3n) is 6.97. The van der Waals surface area contributed by atoms with E-state index in [1.165, 1.54) is 30.8 Å². The molecule has 0 aliphatic carbocycles. The average molecular weight is 553 g/mol. The van der Waals surface area contributed by atoms with Gasteiger partial charge in [-0.1, -0.05) is 29.8 Å². The van der Waals surface area contributed by atoms with Gasteiger partial charge in [-0.3, -0.25) is 14.0 Å². The molecule has 0 spiro atoms. The highest BCUT2D eigenvalue weighted by Crippen LogP contribution is 2.28. The number of likely N-dealkylation sites (tertiary alicyclic amines) is 1. The average Bonchev–Trinajstić information content (AvgIpc) is 3.78. The van der Waals surface area contributed by atoms with Crippen molar-refractivity contribution in [2.24, 2.45) is 0 Å². The van der Waals surface area contributed by atoms with Gasteiger partial charge in [-0.15, -0.1) is 0 Å². The lowest BCUT2D eigenvalue weighted by Crippen LogP contribution is -2.29. The second kappa shape index (κ2) is 10.6. The van der Waals surface area contributed by atoms with Crippen molar-refractivity contribution in [1.29, 1.82) is 0 Å². The summed E-state index contributed by atoms with van der Waals surface area (Å²) in [7, 11) is 0. The molecule has 202 valence electrons. The van der Waals surface area contributed by atoms with Gasteiger partial charge in [0.15, 0.2) is 17.3 Å². The minimum absolute atomic E-state index is 0.394. The Hall–Kier alpha value is -4.42. The molecule has 1 fully saturated rings. The van der Waals surface area contributed by atoms with E-state index >= 15 is 0 Å². The molecule has 7 rings (SSSR count).